The molecule has 0 aromatic heterocycles. The molecule has 2 aromatic carbocycles. The fraction of sp³-hybridized carbons (Fsp3) is 0.400. The molecule has 0 spiro atoms. The molecule has 0 aliphatic carbocycles. The summed E-state index contributed by atoms with van der Waals surface area (Å²) in [6.07, 6.45) is 2.42. The average molecular weight is 388 g/mol. The largest absolute Gasteiger partial charge is 0.496 e. The smallest absolute Gasteiger partial charge is 0.124 e. The SMILES string of the molecule is COc1ccc(Br)cc1[C@@H]1Nc2ccc(C)cc2[C@H]2OCCC[C@H]21. The van der Waals surface area contributed by atoms with Gasteiger partial charge >= 0.3 is 0 Å². The predicted molar refractivity (Wildman–Crippen MR) is 99.7 cm³/mol. The Labute approximate surface area is 151 Å². The third kappa shape index (κ3) is 2.72. The van der Waals surface area contributed by atoms with Crippen molar-refractivity contribution >= 4 is 21.6 Å². The van der Waals surface area contributed by atoms with Gasteiger partial charge in [0.15, 0.2) is 0 Å². The van der Waals surface area contributed by atoms with Crippen molar-refractivity contribution in [3.8, 4) is 5.75 Å². The Morgan fingerprint density at radius 2 is 2.04 bits per heavy atom. The molecule has 3 atom stereocenters. The van der Waals surface area contributed by atoms with Gasteiger partial charge in [0.1, 0.15) is 5.75 Å². The maximum absolute atomic E-state index is 6.23. The van der Waals surface area contributed by atoms with Crippen LogP contribution in [0.1, 0.15) is 41.7 Å². The zero-order chi connectivity index (χ0) is 16.7. The first-order valence-electron chi connectivity index (χ1n) is 8.49. The molecule has 0 bridgehead atoms. The monoisotopic (exact) mass is 387 g/mol. The third-order valence-electron chi connectivity index (χ3n) is 5.15. The van der Waals surface area contributed by atoms with Crippen LogP contribution in [-0.4, -0.2) is 13.7 Å². The van der Waals surface area contributed by atoms with E-state index in [4.69, 9.17) is 9.47 Å². The molecule has 1 fully saturated rings. The van der Waals surface area contributed by atoms with E-state index in [9.17, 15) is 0 Å². The van der Waals surface area contributed by atoms with Crippen molar-refractivity contribution in [2.24, 2.45) is 5.92 Å². The van der Waals surface area contributed by atoms with Crippen LogP contribution in [0.25, 0.3) is 0 Å². The van der Waals surface area contributed by atoms with Crippen molar-refractivity contribution < 1.29 is 9.47 Å². The van der Waals surface area contributed by atoms with E-state index in [1.165, 1.54) is 22.4 Å². The highest BCUT2D eigenvalue weighted by atomic mass is 79.9. The number of halogens is 1. The molecule has 1 saturated heterocycles. The second-order valence-corrected chi connectivity index (χ2v) is 7.61. The van der Waals surface area contributed by atoms with Crippen molar-refractivity contribution in [2.45, 2.75) is 31.9 Å². The van der Waals surface area contributed by atoms with E-state index in [1.54, 1.807) is 7.11 Å². The molecular weight excluding hydrogens is 366 g/mol. The van der Waals surface area contributed by atoms with Gasteiger partial charge in [-0.1, -0.05) is 33.6 Å². The summed E-state index contributed by atoms with van der Waals surface area (Å²) in [7, 11) is 1.74. The first-order valence-corrected chi connectivity index (χ1v) is 9.29. The number of anilines is 1. The minimum Gasteiger partial charge on any atom is -0.496 e. The zero-order valence-electron chi connectivity index (χ0n) is 14.0. The van der Waals surface area contributed by atoms with E-state index in [1.807, 2.05) is 12.1 Å². The lowest BCUT2D eigenvalue weighted by atomic mass is 9.77. The molecule has 3 nitrogen and oxygen atoms in total. The Balaban J connectivity index is 1.82. The lowest BCUT2D eigenvalue weighted by Crippen LogP contribution is -2.36. The molecule has 2 aliphatic rings. The highest BCUT2D eigenvalue weighted by Gasteiger charge is 2.40. The van der Waals surface area contributed by atoms with Crippen LogP contribution in [0.4, 0.5) is 5.69 Å². The molecule has 0 amide bonds. The Morgan fingerprint density at radius 3 is 2.88 bits per heavy atom. The van der Waals surface area contributed by atoms with E-state index >= 15 is 0 Å². The van der Waals surface area contributed by atoms with Crippen molar-refractivity contribution in [3.05, 3.63) is 57.6 Å². The lowest BCUT2D eigenvalue weighted by molar-refractivity contribution is -0.0383. The number of hydrogen-bond acceptors (Lipinski definition) is 3. The number of fused-ring (bicyclic) bond motifs is 3. The quantitative estimate of drug-likeness (QED) is 0.747. The third-order valence-corrected chi connectivity index (χ3v) is 5.64. The molecule has 4 rings (SSSR count). The van der Waals surface area contributed by atoms with Crippen molar-refractivity contribution in [1.29, 1.82) is 0 Å². The van der Waals surface area contributed by atoms with E-state index in [-0.39, 0.29) is 12.1 Å². The summed E-state index contributed by atoms with van der Waals surface area (Å²) < 4.78 is 12.9. The topological polar surface area (TPSA) is 30.5 Å². The molecule has 2 aromatic rings. The summed E-state index contributed by atoms with van der Waals surface area (Å²) >= 11 is 3.61. The van der Waals surface area contributed by atoms with Crippen LogP contribution in [0.2, 0.25) is 0 Å². The van der Waals surface area contributed by atoms with Gasteiger partial charge in [-0.2, -0.15) is 0 Å². The van der Waals surface area contributed by atoms with Crippen LogP contribution in [0.5, 0.6) is 5.75 Å². The summed E-state index contributed by atoms with van der Waals surface area (Å²) in [5, 5.41) is 3.76. The Hall–Kier alpha value is -1.52. The maximum atomic E-state index is 6.23. The number of nitrogens with one attached hydrogen (secondary N) is 1. The molecule has 0 radical (unpaired) electrons. The number of benzene rings is 2. The molecular formula is C20H22BrNO2. The summed E-state index contributed by atoms with van der Waals surface area (Å²) in [6.45, 7) is 2.98. The zero-order valence-corrected chi connectivity index (χ0v) is 15.6. The summed E-state index contributed by atoms with van der Waals surface area (Å²) in [5.41, 5.74) is 4.95. The van der Waals surface area contributed by atoms with Crippen LogP contribution < -0.4 is 10.1 Å². The van der Waals surface area contributed by atoms with Gasteiger partial charge in [0.2, 0.25) is 0 Å². The number of rotatable bonds is 2. The van der Waals surface area contributed by atoms with Crippen LogP contribution in [0, 0.1) is 12.8 Å². The lowest BCUT2D eigenvalue weighted by Gasteiger charge is -2.43. The van der Waals surface area contributed by atoms with Crippen molar-refractivity contribution in [2.75, 3.05) is 19.0 Å². The molecule has 0 unspecified atom stereocenters. The van der Waals surface area contributed by atoms with Crippen molar-refractivity contribution in [3.63, 3.8) is 0 Å². The van der Waals surface area contributed by atoms with E-state index < -0.39 is 0 Å². The molecule has 2 aliphatic heterocycles. The van der Waals surface area contributed by atoms with Gasteiger partial charge in [-0.05, 0) is 44.0 Å². The van der Waals surface area contributed by atoms with Gasteiger partial charge in [0, 0.05) is 33.8 Å². The first-order chi connectivity index (χ1) is 11.7. The highest BCUT2D eigenvalue weighted by Crippen LogP contribution is 2.50. The Bertz CT molecular complexity index is 761. The number of ether oxygens (including phenoxy) is 2. The summed E-state index contributed by atoms with van der Waals surface area (Å²) in [4.78, 5) is 0. The van der Waals surface area contributed by atoms with E-state index in [0.29, 0.717) is 5.92 Å². The number of methoxy groups -OCH3 is 1. The van der Waals surface area contributed by atoms with Gasteiger partial charge in [0.05, 0.1) is 19.3 Å². The normalized spacial score (nSPS) is 25.4. The maximum Gasteiger partial charge on any atom is 0.124 e. The summed E-state index contributed by atoms with van der Waals surface area (Å²) in [5.74, 6) is 1.34. The minimum absolute atomic E-state index is 0.156. The second-order valence-electron chi connectivity index (χ2n) is 6.70. The van der Waals surface area contributed by atoms with Crippen molar-refractivity contribution in [1.82, 2.24) is 0 Å². The molecule has 4 heteroatoms. The molecule has 0 saturated carbocycles. The molecule has 2 heterocycles. The summed E-state index contributed by atoms with van der Waals surface area (Å²) in [6, 6.07) is 13.0. The van der Waals surface area contributed by atoms with E-state index in [0.717, 1.165) is 29.7 Å². The van der Waals surface area contributed by atoms with Gasteiger partial charge in [-0.25, -0.2) is 0 Å². The van der Waals surface area contributed by atoms with Crippen LogP contribution >= 0.6 is 15.9 Å². The number of hydrogen-bond donors (Lipinski definition) is 1. The number of aryl methyl sites for hydroxylation is 1. The predicted octanol–water partition coefficient (Wildman–Crippen LogP) is 5.40. The van der Waals surface area contributed by atoms with Gasteiger partial charge in [0.25, 0.3) is 0 Å². The van der Waals surface area contributed by atoms with Crippen LogP contribution in [-0.2, 0) is 4.74 Å². The second kappa shape index (κ2) is 6.41. The fourth-order valence-corrected chi connectivity index (χ4v) is 4.43. The fourth-order valence-electron chi connectivity index (χ4n) is 4.05. The van der Waals surface area contributed by atoms with Gasteiger partial charge in [-0.15, -0.1) is 0 Å². The first kappa shape index (κ1) is 16.0. The van der Waals surface area contributed by atoms with E-state index in [2.05, 4.69) is 52.4 Å². The van der Waals surface area contributed by atoms with Gasteiger partial charge < -0.3 is 14.8 Å². The molecule has 24 heavy (non-hydrogen) atoms. The Kier molecular flexibility index (Phi) is 4.27. The highest BCUT2D eigenvalue weighted by molar-refractivity contribution is 9.10. The van der Waals surface area contributed by atoms with Crippen LogP contribution in [0.15, 0.2) is 40.9 Å². The van der Waals surface area contributed by atoms with Gasteiger partial charge in [-0.3, -0.25) is 0 Å². The molecule has 1 N–H and O–H groups in total. The van der Waals surface area contributed by atoms with Crippen LogP contribution in [0.3, 0.4) is 0 Å². The Morgan fingerprint density at radius 1 is 1.17 bits per heavy atom. The minimum atomic E-state index is 0.156. The standard InChI is InChI=1S/C20H22BrNO2/c1-12-5-7-17-15(10-12)20-14(4-3-9-24-20)19(22-17)16-11-13(21)6-8-18(16)23-2/h5-8,10-11,14,19-20,22H,3-4,9H2,1-2H3/t14-,19+,20-/m0/s1. The molecule has 126 valence electrons. The average Bonchev–Trinajstić information content (AvgIpc) is 2.61.